The molecule has 0 aliphatic heterocycles. The van der Waals surface area contributed by atoms with Crippen molar-refractivity contribution < 1.29 is 27.9 Å². The van der Waals surface area contributed by atoms with Crippen molar-refractivity contribution in [2.45, 2.75) is 18.6 Å². The minimum Gasteiger partial charge on any atom is -0.480 e. The van der Waals surface area contributed by atoms with Crippen LogP contribution in [-0.2, 0) is 9.59 Å². The minimum atomic E-state index is -4.40. The van der Waals surface area contributed by atoms with Gasteiger partial charge in [-0.1, -0.05) is 0 Å². The van der Waals surface area contributed by atoms with Gasteiger partial charge >= 0.3 is 12.1 Å². The molecule has 5 nitrogen and oxygen atoms in total. The fourth-order valence-corrected chi connectivity index (χ4v) is 1.53. The quantitative estimate of drug-likeness (QED) is 0.605. The molecule has 1 atom stereocenters. The third-order valence-electron chi connectivity index (χ3n) is 1.85. The number of amides is 1. The van der Waals surface area contributed by atoms with Crippen molar-refractivity contribution in [1.82, 2.24) is 10.6 Å². The smallest absolute Gasteiger partial charge is 0.401 e. The molecule has 0 aliphatic rings. The van der Waals surface area contributed by atoms with Gasteiger partial charge in [0.1, 0.15) is 6.04 Å². The van der Waals surface area contributed by atoms with Crippen molar-refractivity contribution in [2.75, 3.05) is 25.1 Å². The third-order valence-corrected chi connectivity index (χ3v) is 2.50. The van der Waals surface area contributed by atoms with Crippen LogP contribution in [-0.4, -0.2) is 54.3 Å². The molecule has 0 aromatic carbocycles. The maximum absolute atomic E-state index is 11.8. The molecule has 0 saturated carbocycles. The molecular weight excluding hydrogens is 273 g/mol. The van der Waals surface area contributed by atoms with E-state index in [1.165, 1.54) is 11.8 Å². The lowest BCUT2D eigenvalue weighted by Crippen LogP contribution is -2.46. The fourth-order valence-electron chi connectivity index (χ4n) is 1.06. The first kappa shape index (κ1) is 17.0. The van der Waals surface area contributed by atoms with Gasteiger partial charge in [0.15, 0.2) is 0 Å². The summed E-state index contributed by atoms with van der Waals surface area (Å²) in [4.78, 5) is 21.9. The molecule has 0 radical (unpaired) electrons. The molecule has 1 amide bonds. The van der Waals surface area contributed by atoms with E-state index in [0.29, 0.717) is 5.75 Å². The number of carboxylic acids is 1. The summed E-state index contributed by atoms with van der Waals surface area (Å²) in [5.41, 5.74) is 0. The summed E-state index contributed by atoms with van der Waals surface area (Å²) in [6, 6.07) is -1.07. The molecule has 3 N–H and O–H groups in total. The molecule has 0 heterocycles. The normalized spacial score (nSPS) is 13.1. The van der Waals surface area contributed by atoms with Crippen molar-refractivity contribution in [2.24, 2.45) is 0 Å². The zero-order chi connectivity index (χ0) is 14.2. The Kier molecular flexibility index (Phi) is 7.76. The number of carbonyl (C=O) groups is 2. The van der Waals surface area contributed by atoms with Crippen molar-refractivity contribution in [3.8, 4) is 0 Å². The predicted molar refractivity (Wildman–Crippen MR) is 61.5 cm³/mol. The summed E-state index contributed by atoms with van der Waals surface area (Å²) >= 11 is 1.42. The van der Waals surface area contributed by atoms with Crippen LogP contribution in [0.1, 0.15) is 6.42 Å². The van der Waals surface area contributed by atoms with E-state index in [-0.39, 0.29) is 6.42 Å². The highest BCUT2D eigenvalue weighted by atomic mass is 32.2. The lowest BCUT2D eigenvalue weighted by atomic mass is 10.2. The van der Waals surface area contributed by atoms with Crippen LogP contribution in [0.15, 0.2) is 0 Å². The Morgan fingerprint density at radius 2 is 2.00 bits per heavy atom. The average molecular weight is 288 g/mol. The topological polar surface area (TPSA) is 78.4 Å². The van der Waals surface area contributed by atoms with Gasteiger partial charge in [-0.25, -0.2) is 4.79 Å². The van der Waals surface area contributed by atoms with Crippen molar-refractivity contribution >= 4 is 23.6 Å². The fraction of sp³-hybridized carbons (Fsp3) is 0.778. The van der Waals surface area contributed by atoms with Gasteiger partial charge in [-0.3, -0.25) is 4.79 Å². The van der Waals surface area contributed by atoms with E-state index in [1.54, 1.807) is 6.26 Å². The van der Waals surface area contributed by atoms with Gasteiger partial charge in [-0.2, -0.15) is 24.9 Å². The molecule has 0 aromatic rings. The van der Waals surface area contributed by atoms with Crippen LogP contribution in [0.5, 0.6) is 0 Å². The largest absolute Gasteiger partial charge is 0.480 e. The van der Waals surface area contributed by atoms with Crippen LogP contribution in [0, 0.1) is 0 Å². The highest BCUT2D eigenvalue weighted by Gasteiger charge is 2.27. The summed E-state index contributed by atoms with van der Waals surface area (Å²) < 4.78 is 35.3. The third kappa shape index (κ3) is 9.11. The van der Waals surface area contributed by atoms with Crippen LogP contribution in [0.3, 0.4) is 0 Å². The number of halogens is 3. The first-order valence-electron chi connectivity index (χ1n) is 5.05. The lowest BCUT2D eigenvalue weighted by molar-refractivity contribution is -0.142. The number of alkyl halides is 3. The van der Waals surface area contributed by atoms with Crippen LogP contribution < -0.4 is 10.6 Å². The van der Waals surface area contributed by atoms with Gasteiger partial charge in [-0.05, 0) is 18.4 Å². The SMILES string of the molecule is CSCC[C@@H](NC(=O)CNCC(F)(F)F)C(=O)O. The van der Waals surface area contributed by atoms with Gasteiger partial charge in [0.05, 0.1) is 13.1 Å². The molecule has 0 saturated heterocycles. The number of nitrogens with one attached hydrogen (secondary N) is 2. The van der Waals surface area contributed by atoms with Crippen molar-refractivity contribution in [3.63, 3.8) is 0 Å². The maximum Gasteiger partial charge on any atom is 0.401 e. The van der Waals surface area contributed by atoms with Gasteiger partial charge in [0.2, 0.25) is 5.91 Å². The molecule has 0 fully saturated rings. The van der Waals surface area contributed by atoms with Gasteiger partial charge in [0, 0.05) is 0 Å². The molecule has 9 heteroatoms. The number of hydrogen-bond acceptors (Lipinski definition) is 4. The van der Waals surface area contributed by atoms with E-state index >= 15 is 0 Å². The van der Waals surface area contributed by atoms with Gasteiger partial charge in [0.25, 0.3) is 0 Å². The lowest BCUT2D eigenvalue weighted by Gasteiger charge is -2.14. The second-order valence-electron chi connectivity index (χ2n) is 3.46. The van der Waals surface area contributed by atoms with E-state index in [1.807, 2.05) is 5.32 Å². The summed E-state index contributed by atoms with van der Waals surface area (Å²) in [5, 5.41) is 12.8. The Balaban J connectivity index is 3.99. The van der Waals surface area contributed by atoms with E-state index in [9.17, 15) is 22.8 Å². The van der Waals surface area contributed by atoms with Crippen molar-refractivity contribution in [3.05, 3.63) is 0 Å². The Hall–Kier alpha value is -0.960. The number of rotatable bonds is 8. The van der Waals surface area contributed by atoms with E-state index in [4.69, 9.17) is 5.11 Å². The van der Waals surface area contributed by atoms with E-state index < -0.39 is 37.2 Å². The Bertz CT molecular complexity index is 287. The van der Waals surface area contributed by atoms with Crippen LogP contribution in [0.2, 0.25) is 0 Å². The number of aliphatic carboxylic acids is 1. The van der Waals surface area contributed by atoms with E-state index in [0.717, 1.165) is 0 Å². The number of carboxylic acid groups (broad SMARTS) is 1. The Morgan fingerprint density at radius 3 is 2.44 bits per heavy atom. The maximum atomic E-state index is 11.8. The summed E-state index contributed by atoms with van der Waals surface area (Å²) in [5.74, 6) is -1.44. The summed E-state index contributed by atoms with van der Waals surface area (Å²) in [7, 11) is 0. The zero-order valence-electron chi connectivity index (χ0n) is 9.71. The molecule has 0 unspecified atom stereocenters. The number of thioether (sulfide) groups is 1. The number of carbonyl (C=O) groups excluding carboxylic acids is 1. The van der Waals surface area contributed by atoms with Gasteiger partial charge in [-0.15, -0.1) is 0 Å². The Morgan fingerprint density at radius 1 is 1.39 bits per heavy atom. The summed E-state index contributed by atoms with van der Waals surface area (Å²) in [6.07, 6.45) is -2.39. The van der Waals surface area contributed by atoms with Crippen molar-refractivity contribution in [1.29, 1.82) is 0 Å². The van der Waals surface area contributed by atoms with Crippen LogP contribution in [0.4, 0.5) is 13.2 Å². The molecular formula is C9H15F3N2O3S. The highest BCUT2D eigenvalue weighted by molar-refractivity contribution is 7.98. The molecule has 18 heavy (non-hydrogen) atoms. The van der Waals surface area contributed by atoms with E-state index in [2.05, 4.69) is 5.32 Å². The molecule has 0 aliphatic carbocycles. The second-order valence-corrected chi connectivity index (χ2v) is 4.44. The minimum absolute atomic E-state index is 0.224. The highest BCUT2D eigenvalue weighted by Crippen LogP contribution is 2.11. The summed E-state index contributed by atoms with van der Waals surface area (Å²) in [6.45, 7) is -1.86. The molecule has 0 spiro atoms. The molecule has 106 valence electrons. The first-order chi connectivity index (χ1) is 8.26. The monoisotopic (exact) mass is 288 g/mol. The van der Waals surface area contributed by atoms with Gasteiger partial charge < -0.3 is 15.7 Å². The molecule has 0 bridgehead atoms. The van der Waals surface area contributed by atoms with Crippen LogP contribution in [0.25, 0.3) is 0 Å². The molecule has 0 rings (SSSR count). The van der Waals surface area contributed by atoms with Crippen LogP contribution >= 0.6 is 11.8 Å². The second kappa shape index (κ2) is 8.20. The standard InChI is InChI=1S/C9H15F3N2O3S/c1-18-3-2-6(8(16)17)14-7(15)4-13-5-9(10,11)12/h6,13H,2-5H2,1H3,(H,14,15)(H,16,17)/t6-/m1/s1. The zero-order valence-corrected chi connectivity index (χ0v) is 10.5. The first-order valence-corrected chi connectivity index (χ1v) is 6.44. The Labute approximate surface area is 106 Å². The number of hydrogen-bond donors (Lipinski definition) is 3. The molecule has 0 aromatic heterocycles. The average Bonchev–Trinajstić information content (AvgIpc) is 2.21. The predicted octanol–water partition coefficient (Wildman–Crippen LogP) is 0.461.